The minimum atomic E-state index is 0.00685. The molecule has 0 aromatic rings. The summed E-state index contributed by atoms with van der Waals surface area (Å²) in [6.45, 7) is 9.82. The largest absolute Gasteiger partial charge is 0.316 e. The fourth-order valence-electron chi connectivity index (χ4n) is 2.26. The molecule has 0 bridgehead atoms. The molecule has 0 amide bonds. The molecular formula is C13H18FN. The SMILES string of the molecule is C=C(C)C1=CC(C2CNC2)C(C)C(F)=C1. The molecule has 1 aliphatic heterocycles. The van der Waals surface area contributed by atoms with Crippen LogP contribution >= 0.6 is 0 Å². The highest BCUT2D eigenvalue weighted by molar-refractivity contribution is 5.41. The number of halogens is 1. The summed E-state index contributed by atoms with van der Waals surface area (Å²) in [6, 6.07) is 0. The van der Waals surface area contributed by atoms with E-state index in [4.69, 9.17) is 0 Å². The molecular weight excluding hydrogens is 189 g/mol. The van der Waals surface area contributed by atoms with Gasteiger partial charge in [0.1, 0.15) is 5.83 Å². The molecule has 0 saturated carbocycles. The van der Waals surface area contributed by atoms with Crippen molar-refractivity contribution in [3.8, 4) is 0 Å². The van der Waals surface area contributed by atoms with Gasteiger partial charge in [-0.15, -0.1) is 0 Å². The van der Waals surface area contributed by atoms with Gasteiger partial charge in [0.05, 0.1) is 0 Å². The first-order chi connectivity index (χ1) is 7.09. The molecule has 1 saturated heterocycles. The lowest BCUT2D eigenvalue weighted by Gasteiger charge is -2.38. The van der Waals surface area contributed by atoms with Gasteiger partial charge < -0.3 is 5.32 Å². The number of rotatable bonds is 2. The lowest BCUT2D eigenvalue weighted by atomic mass is 9.74. The third-order valence-corrected chi connectivity index (χ3v) is 3.53. The molecule has 1 aliphatic carbocycles. The van der Waals surface area contributed by atoms with E-state index >= 15 is 0 Å². The third-order valence-electron chi connectivity index (χ3n) is 3.53. The van der Waals surface area contributed by atoms with Gasteiger partial charge in [0, 0.05) is 5.92 Å². The summed E-state index contributed by atoms with van der Waals surface area (Å²) in [4.78, 5) is 0. The minimum absolute atomic E-state index is 0.00685. The molecule has 1 heterocycles. The second-order valence-corrected chi connectivity index (χ2v) is 4.72. The summed E-state index contributed by atoms with van der Waals surface area (Å²) in [5, 5.41) is 3.24. The van der Waals surface area contributed by atoms with Crippen molar-refractivity contribution >= 4 is 0 Å². The molecule has 0 spiro atoms. The highest BCUT2D eigenvalue weighted by Gasteiger charge is 2.33. The Morgan fingerprint density at radius 1 is 1.53 bits per heavy atom. The van der Waals surface area contributed by atoms with Crippen LogP contribution in [0.3, 0.4) is 0 Å². The molecule has 2 aliphatic rings. The molecule has 2 heteroatoms. The van der Waals surface area contributed by atoms with Gasteiger partial charge in [0.15, 0.2) is 0 Å². The van der Waals surface area contributed by atoms with Gasteiger partial charge in [-0.25, -0.2) is 4.39 Å². The summed E-state index contributed by atoms with van der Waals surface area (Å²) in [5.41, 5.74) is 1.93. The zero-order valence-electron chi connectivity index (χ0n) is 9.39. The smallest absolute Gasteiger partial charge is 0.104 e. The van der Waals surface area contributed by atoms with Gasteiger partial charge in [-0.05, 0) is 43.5 Å². The van der Waals surface area contributed by atoms with E-state index in [1.54, 1.807) is 6.08 Å². The number of hydrogen-bond acceptors (Lipinski definition) is 1. The first kappa shape index (κ1) is 10.6. The number of nitrogens with one attached hydrogen (secondary N) is 1. The zero-order valence-corrected chi connectivity index (χ0v) is 9.39. The first-order valence-corrected chi connectivity index (χ1v) is 5.55. The molecule has 0 aromatic carbocycles. The maximum atomic E-state index is 13.7. The van der Waals surface area contributed by atoms with Crippen LogP contribution in [0.2, 0.25) is 0 Å². The number of allylic oxidation sites excluding steroid dienone is 5. The maximum absolute atomic E-state index is 13.7. The molecule has 1 nitrogen and oxygen atoms in total. The van der Waals surface area contributed by atoms with Gasteiger partial charge >= 0.3 is 0 Å². The predicted octanol–water partition coefficient (Wildman–Crippen LogP) is 2.83. The molecule has 15 heavy (non-hydrogen) atoms. The van der Waals surface area contributed by atoms with Crippen molar-refractivity contribution in [2.45, 2.75) is 13.8 Å². The number of hydrogen-bond donors (Lipinski definition) is 1. The molecule has 82 valence electrons. The van der Waals surface area contributed by atoms with Crippen LogP contribution in [0, 0.1) is 17.8 Å². The molecule has 0 aromatic heterocycles. The van der Waals surface area contributed by atoms with Crippen LogP contribution in [0.1, 0.15) is 13.8 Å². The average molecular weight is 207 g/mol. The van der Waals surface area contributed by atoms with Gasteiger partial charge in [-0.3, -0.25) is 0 Å². The Kier molecular flexibility index (Phi) is 2.79. The molecule has 1 N–H and O–H groups in total. The first-order valence-electron chi connectivity index (χ1n) is 5.55. The fraction of sp³-hybridized carbons (Fsp3) is 0.538. The van der Waals surface area contributed by atoms with Crippen LogP contribution in [-0.4, -0.2) is 13.1 Å². The minimum Gasteiger partial charge on any atom is -0.316 e. The standard InChI is InChI=1S/C13H18FN/c1-8(2)10-4-12(11-6-15-7-11)9(3)13(14)5-10/h4-5,9,11-12,15H,1,6-7H2,2-3H3. The molecule has 2 rings (SSSR count). The quantitative estimate of drug-likeness (QED) is 0.734. The highest BCUT2D eigenvalue weighted by atomic mass is 19.1. The van der Waals surface area contributed by atoms with Gasteiger partial charge in [-0.1, -0.05) is 25.2 Å². The van der Waals surface area contributed by atoms with Crippen molar-refractivity contribution in [2.75, 3.05) is 13.1 Å². The summed E-state index contributed by atoms with van der Waals surface area (Å²) < 4.78 is 13.7. The highest BCUT2D eigenvalue weighted by Crippen LogP contribution is 2.37. The maximum Gasteiger partial charge on any atom is 0.104 e. The van der Waals surface area contributed by atoms with E-state index in [0.29, 0.717) is 11.8 Å². The van der Waals surface area contributed by atoms with Crippen LogP contribution in [-0.2, 0) is 0 Å². The summed E-state index contributed by atoms with van der Waals surface area (Å²) in [6.07, 6.45) is 3.83. The van der Waals surface area contributed by atoms with Gasteiger partial charge in [0.2, 0.25) is 0 Å². The second kappa shape index (κ2) is 3.93. The lowest BCUT2D eigenvalue weighted by molar-refractivity contribution is 0.214. The predicted molar refractivity (Wildman–Crippen MR) is 61.1 cm³/mol. The molecule has 1 fully saturated rings. The lowest BCUT2D eigenvalue weighted by Crippen LogP contribution is -2.47. The second-order valence-electron chi connectivity index (χ2n) is 4.72. The zero-order chi connectivity index (χ0) is 11.0. The van der Waals surface area contributed by atoms with Crippen LogP contribution in [0.4, 0.5) is 4.39 Å². The van der Waals surface area contributed by atoms with Crippen molar-refractivity contribution in [3.05, 3.63) is 35.7 Å². The van der Waals surface area contributed by atoms with Crippen LogP contribution in [0.25, 0.3) is 0 Å². The normalized spacial score (nSPS) is 31.7. The average Bonchev–Trinajstić information content (AvgIpc) is 2.09. The Labute approximate surface area is 90.8 Å². The van der Waals surface area contributed by atoms with Crippen molar-refractivity contribution < 1.29 is 4.39 Å². The van der Waals surface area contributed by atoms with Crippen LogP contribution < -0.4 is 5.32 Å². The monoisotopic (exact) mass is 207 g/mol. The van der Waals surface area contributed by atoms with Crippen molar-refractivity contribution in [1.82, 2.24) is 5.32 Å². The van der Waals surface area contributed by atoms with Crippen molar-refractivity contribution in [2.24, 2.45) is 17.8 Å². The Bertz CT molecular complexity index is 336. The Morgan fingerprint density at radius 3 is 2.67 bits per heavy atom. The fourth-order valence-corrected chi connectivity index (χ4v) is 2.26. The van der Waals surface area contributed by atoms with E-state index in [-0.39, 0.29) is 11.7 Å². The van der Waals surface area contributed by atoms with E-state index in [0.717, 1.165) is 24.2 Å². The topological polar surface area (TPSA) is 12.0 Å². The van der Waals surface area contributed by atoms with Crippen molar-refractivity contribution in [3.63, 3.8) is 0 Å². The summed E-state index contributed by atoms with van der Waals surface area (Å²) in [7, 11) is 0. The summed E-state index contributed by atoms with van der Waals surface area (Å²) in [5.74, 6) is 0.962. The summed E-state index contributed by atoms with van der Waals surface area (Å²) >= 11 is 0. The van der Waals surface area contributed by atoms with E-state index in [1.807, 2.05) is 13.8 Å². The molecule has 2 atom stereocenters. The van der Waals surface area contributed by atoms with E-state index < -0.39 is 0 Å². The Balaban J connectivity index is 2.23. The Hall–Kier alpha value is -0.890. The Morgan fingerprint density at radius 2 is 2.20 bits per heavy atom. The van der Waals surface area contributed by atoms with E-state index in [9.17, 15) is 4.39 Å². The van der Waals surface area contributed by atoms with Gasteiger partial charge in [-0.2, -0.15) is 0 Å². The van der Waals surface area contributed by atoms with Crippen LogP contribution in [0.5, 0.6) is 0 Å². The van der Waals surface area contributed by atoms with Crippen LogP contribution in [0.15, 0.2) is 35.7 Å². The molecule has 2 unspecified atom stereocenters. The van der Waals surface area contributed by atoms with Gasteiger partial charge in [0.25, 0.3) is 0 Å². The van der Waals surface area contributed by atoms with E-state index in [2.05, 4.69) is 18.0 Å². The third kappa shape index (κ3) is 1.91. The van der Waals surface area contributed by atoms with E-state index in [1.165, 1.54) is 0 Å². The van der Waals surface area contributed by atoms with Crippen molar-refractivity contribution in [1.29, 1.82) is 0 Å². The molecule has 0 radical (unpaired) electrons.